The molecule has 0 spiro atoms. The monoisotopic (exact) mass is 1020 g/mol. The van der Waals surface area contributed by atoms with E-state index in [9.17, 15) is 0 Å². The summed E-state index contributed by atoms with van der Waals surface area (Å²) in [5, 5.41) is 0. The van der Waals surface area contributed by atoms with E-state index in [1.807, 2.05) is 52.0 Å². The lowest BCUT2D eigenvalue weighted by atomic mass is 9.87. The summed E-state index contributed by atoms with van der Waals surface area (Å²) in [4.78, 5) is 11.6. The van der Waals surface area contributed by atoms with E-state index < -0.39 is 0 Å². The van der Waals surface area contributed by atoms with Gasteiger partial charge in [-0.05, 0) is 198 Å². The molecule has 0 amide bonds. The van der Waals surface area contributed by atoms with Gasteiger partial charge in [0.2, 0.25) is 0 Å². The van der Waals surface area contributed by atoms with Crippen LogP contribution in [0.5, 0.6) is 0 Å². The Morgan fingerprint density at radius 1 is 0.610 bits per heavy atom. The van der Waals surface area contributed by atoms with Crippen molar-refractivity contribution in [1.82, 2.24) is 0 Å². The van der Waals surface area contributed by atoms with Gasteiger partial charge in [-0.15, -0.1) is 6.58 Å². The number of rotatable bonds is 13. The Kier molecular flexibility index (Phi) is 26.6. The minimum absolute atomic E-state index is 0.880. The quantitative estimate of drug-likeness (QED) is 0.0644. The van der Waals surface area contributed by atoms with Gasteiger partial charge in [0.15, 0.2) is 0 Å². The molecule has 0 bridgehead atoms. The van der Waals surface area contributed by atoms with Crippen LogP contribution in [-0.2, 0) is 0 Å². The van der Waals surface area contributed by atoms with Gasteiger partial charge in [-0.2, -0.15) is 0 Å². The van der Waals surface area contributed by atoms with Crippen LogP contribution in [0, 0.1) is 27.7 Å². The third-order valence-electron chi connectivity index (χ3n) is 13.4. The molecule has 0 heterocycles. The van der Waals surface area contributed by atoms with Gasteiger partial charge in [0, 0.05) is 41.6 Å². The van der Waals surface area contributed by atoms with Crippen LogP contribution in [0.1, 0.15) is 126 Å². The molecule has 0 aromatic heterocycles. The maximum atomic E-state index is 4.89. The molecule has 77 heavy (non-hydrogen) atoms. The standard InChI is InChI=1S/C35H37N.C21H26N2.C13H12.C3H6.C2H6/c1-7-8-16-35(36(6)32-21-17-25(2)18-22-32)28(5)29-13-11-14-30(23-29)31-20-19-27(4)34(24-31)33-15-10-9-12-26(33)3;1-5-14-22-20(6-2)19-12-9-11-18(15-19)17(4)23-21-13-8-7-10-16(21)3;1-11-7-9-13(10-8-11)12-5-3-2-4-6-12;1-3-2;1-2/h7-10,12-13,15-24H,1,11,14H2,2-6H3;5-6,9,11-12,14-15H,2,7-8,10,13H2,1,3-4H3;2-10H,1H3;3H,1H2,2H3;1-2H3/b16-8-,35-28-;14-5-,22-20?,23-17?;;;. The highest BCUT2D eigenvalue weighted by Crippen LogP contribution is 2.36. The maximum Gasteiger partial charge on any atom is 0.0696 e. The highest BCUT2D eigenvalue weighted by molar-refractivity contribution is 6.10. The number of aliphatic imine (C=N–C) groups is 2. The molecular formula is C74H87N3. The molecule has 2 aliphatic carbocycles. The Balaban J connectivity index is 0.000000265. The number of benzene rings is 6. The van der Waals surface area contributed by atoms with Crippen LogP contribution < -0.4 is 4.90 Å². The SMILES string of the molecule is C=C/C=C\C(=C(/C)C1=CCCC(c2ccc(C)c(-c3ccccc3C)c2)=C1)N(C)c1ccc(C)cc1.C=CC.C=CC(=N/C=C\C)c1cccc(C(C)=NC2=C(C)CCCC2)c1.CC.Cc1ccc(-c2ccccc2)cc1. The molecule has 2 aliphatic rings. The van der Waals surface area contributed by atoms with Gasteiger partial charge in [0.05, 0.1) is 5.71 Å². The van der Waals surface area contributed by atoms with E-state index in [1.54, 1.807) is 18.4 Å². The lowest BCUT2D eigenvalue weighted by Crippen LogP contribution is -2.17. The summed E-state index contributed by atoms with van der Waals surface area (Å²) >= 11 is 0. The van der Waals surface area contributed by atoms with E-state index in [-0.39, 0.29) is 0 Å². The number of anilines is 1. The van der Waals surface area contributed by atoms with Crippen molar-refractivity contribution in [2.45, 2.75) is 115 Å². The number of nitrogens with zero attached hydrogens (tertiary/aromatic N) is 3. The highest BCUT2D eigenvalue weighted by Gasteiger charge is 2.16. The molecule has 0 fully saturated rings. The summed E-state index contributed by atoms with van der Waals surface area (Å²) in [6.07, 6.45) is 25.0. The van der Waals surface area contributed by atoms with Gasteiger partial charge in [-0.3, -0.25) is 9.98 Å². The van der Waals surface area contributed by atoms with E-state index in [0.29, 0.717) is 0 Å². The van der Waals surface area contributed by atoms with Gasteiger partial charge >= 0.3 is 0 Å². The lowest BCUT2D eigenvalue weighted by molar-refractivity contribution is 0.667. The molecule has 0 radical (unpaired) electrons. The summed E-state index contributed by atoms with van der Waals surface area (Å²) in [6.45, 7) is 34.1. The van der Waals surface area contributed by atoms with Crippen molar-refractivity contribution in [3.05, 3.63) is 287 Å². The van der Waals surface area contributed by atoms with Gasteiger partial charge in [0.25, 0.3) is 0 Å². The molecule has 0 aliphatic heterocycles. The summed E-state index contributed by atoms with van der Waals surface area (Å²) in [7, 11) is 2.14. The van der Waals surface area contributed by atoms with Crippen molar-refractivity contribution < 1.29 is 0 Å². The van der Waals surface area contributed by atoms with Crippen molar-refractivity contribution in [3.8, 4) is 22.3 Å². The predicted molar refractivity (Wildman–Crippen MR) is 343 cm³/mol. The number of hydrogen-bond donors (Lipinski definition) is 0. The van der Waals surface area contributed by atoms with Crippen LogP contribution in [0.15, 0.2) is 258 Å². The first-order valence-corrected chi connectivity index (χ1v) is 27.6. The Labute approximate surface area is 466 Å². The molecular weight excluding hydrogens is 931 g/mol. The zero-order valence-corrected chi connectivity index (χ0v) is 48.8. The van der Waals surface area contributed by atoms with Crippen LogP contribution in [0.2, 0.25) is 0 Å². The second-order valence-corrected chi connectivity index (χ2v) is 19.3. The Bertz CT molecular complexity index is 3100. The molecule has 6 aromatic rings. The van der Waals surface area contributed by atoms with Crippen LogP contribution >= 0.6 is 0 Å². The molecule has 398 valence electrons. The molecule has 3 heteroatoms. The van der Waals surface area contributed by atoms with Gasteiger partial charge in [0.1, 0.15) is 0 Å². The number of allylic oxidation sites excluding steroid dienone is 13. The van der Waals surface area contributed by atoms with Crippen molar-refractivity contribution in [2.24, 2.45) is 9.98 Å². The zero-order chi connectivity index (χ0) is 56.1. The predicted octanol–water partition coefficient (Wildman–Crippen LogP) is 21.3. The zero-order valence-electron chi connectivity index (χ0n) is 48.8. The number of aryl methyl sites for hydroxylation is 4. The van der Waals surface area contributed by atoms with E-state index in [4.69, 9.17) is 4.99 Å². The molecule has 0 saturated carbocycles. The summed E-state index contributed by atoms with van der Waals surface area (Å²) in [5.74, 6) is 0. The second-order valence-electron chi connectivity index (χ2n) is 19.3. The van der Waals surface area contributed by atoms with Gasteiger partial charge in [-0.1, -0.05) is 201 Å². The molecule has 0 unspecified atom stereocenters. The summed E-state index contributed by atoms with van der Waals surface area (Å²) < 4.78 is 0. The number of hydrogen-bond acceptors (Lipinski definition) is 3. The lowest BCUT2D eigenvalue weighted by Gasteiger charge is -2.25. The first-order valence-electron chi connectivity index (χ1n) is 27.6. The topological polar surface area (TPSA) is 28.0 Å². The minimum Gasteiger partial charge on any atom is -0.344 e. The normalized spacial score (nSPS) is 13.7. The van der Waals surface area contributed by atoms with Crippen molar-refractivity contribution in [2.75, 3.05) is 11.9 Å². The smallest absolute Gasteiger partial charge is 0.0696 e. The van der Waals surface area contributed by atoms with Crippen molar-refractivity contribution in [1.29, 1.82) is 0 Å². The Morgan fingerprint density at radius 2 is 1.21 bits per heavy atom. The summed E-state index contributed by atoms with van der Waals surface area (Å²) in [6, 6.07) is 51.7. The fraction of sp³-hybridized carbons (Fsp3) is 0.243. The Hall–Kier alpha value is -7.88. The first-order chi connectivity index (χ1) is 37.3. The molecule has 0 N–H and O–H groups in total. The Morgan fingerprint density at radius 3 is 1.84 bits per heavy atom. The van der Waals surface area contributed by atoms with Gasteiger partial charge < -0.3 is 4.90 Å². The summed E-state index contributed by atoms with van der Waals surface area (Å²) in [5.41, 5.74) is 24.9. The largest absolute Gasteiger partial charge is 0.344 e. The van der Waals surface area contributed by atoms with E-state index in [1.165, 1.54) is 109 Å². The fourth-order valence-corrected chi connectivity index (χ4v) is 9.02. The average molecular weight is 1020 g/mol. The highest BCUT2D eigenvalue weighted by atomic mass is 15.1. The van der Waals surface area contributed by atoms with E-state index in [0.717, 1.165) is 41.8 Å². The third-order valence-corrected chi connectivity index (χ3v) is 13.4. The maximum absolute atomic E-state index is 4.89. The van der Waals surface area contributed by atoms with Crippen LogP contribution in [0.25, 0.3) is 27.8 Å². The average Bonchev–Trinajstić information content (AvgIpc) is 3.46. The molecule has 3 nitrogen and oxygen atoms in total. The first kappa shape index (κ1) is 61.7. The third kappa shape index (κ3) is 19.0. The minimum atomic E-state index is 0.880. The van der Waals surface area contributed by atoms with Crippen LogP contribution in [0.4, 0.5) is 5.69 Å². The van der Waals surface area contributed by atoms with Gasteiger partial charge in [-0.25, -0.2) is 0 Å². The fourth-order valence-electron chi connectivity index (χ4n) is 9.02. The second kappa shape index (κ2) is 33.2. The number of likely N-dealkylation sites (N-methyl/N-ethyl adjacent to an activating group) is 1. The molecule has 8 rings (SSSR count). The molecule has 6 aromatic carbocycles. The van der Waals surface area contributed by atoms with Crippen LogP contribution in [-0.4, -0.2) is 18.5 Å². The molecule has 0 saturated heterocycles. The van der Waals surface area contributed by atoms with E-state index in [2.05, 4.69) is 243 Å². The van der Waals surface area contributed by atoms with Crippen molar-refractivity contribution in [3.63, 3.8) is 0 Å². The van der Waals surface area contributed by atoms with E-state index >= 15 is 0 Å². The molecule has 0 atom stereocenters. The van der Waals surface area contributed by atoms with Crippen molar-refractivity contribution >= 4 is 22.7 Å². The van der Waals surface area contributed by atoms with Crippen LogP contribution in [0.3, 0.4) is 0 Å².